The summed E-state index contributed by atoms with van der Waals surface area (Å²) in [6.45, 7) is 15.3. The van der Waals surface area contributed by atoms with Crippen LogP contribution in [0.25, 0.3) is 0 Å². The van der Waals surface area contributed by atoms with Gasteiger partial charge in [0.1, 0.15) is 0 Å². The molecular weight excluding hydrogens is 380 g/mol. The quantitative estimate of drug-likeness (QED) is 0.544. The third-order valence-corrected chi connectivity index (χ3v) is 5.97. The van der Waals surface area contributed by atoms with Crippen LogP contribution in [0.2, 0.25) is 0 Å². The van der Waals surface area contributed by atoms with Crippen molar-refractivity contribution in [3.63, 3.8) is 0 Å². The fraction of sp³-hybridized carbons (Fsp3) is 0.870. The van der Waals surface area contributed by atoms with E-state index in [4.69, 9.17) is 5.73 Å². The Balaban J connectivity index is 0.000000303. The van der Waals surface area contributed by atoms with Crippen molar-refractivity contribution < 1.29 is 14.4 Å². The first-order chi connectivity index (χ1) is 13.9. The number of carbonyl (C=O) groups is 2. The highest BCUT2D eigenvalue weighted by molar-refractivity contribution is 5.77. The molecule has 7 heteroatoms. The van der Waals surface area contributed by atoms with Gasteiger partial charge in [0.15, 0.2) is 0 Å². The topological polar surface area (TPSA) is 96.1 Å². The number of rotatable bonds is 5. The predicted molar refractivity (Wildman–Crippen MR) is 120 cm³/mol. The molecule has 0 aromatic heterocycles. The van der Waals surface area contributed by atoms with Crippen LogP contribution >= 0.6 is 0 Å². The third kappa shape index (κ3) is 8.97. The number of piperidine rings is 2. The van der Waals surface area contributed by atoms with Gasteiger partial charge in [-0.25, -0.2) is 9.79 Å². The lowest BCUT2D eigenvalue weighted by Crippen LogP contribution is -2.48. The largest absolute Gasteiger partial charge is 0.341 e. The van der Waals surface area contributed by atoms with Crippen molar-refractivity contribution in [3.05, 3.63) is 0 Å². The van der Waals surface area contributed by atoms with E-state index in [-0.39, 0.29) is 34.7 Å². The summed E-state index contributed by atoms with van der Waals surface area (Å²) in [5.41, 5.74) is 6.02. The first-order valence-electron chi connectivity index (χ1n) is 11.2. The second-order valence-corrected chi connectivity index (χ2v) is 10.7. The van der Waals surface area contributed by atoms with Crippen molar-refractivity contribution in [2.45, 2.75) is 92.2 Å². The van der Waals surface area contributed by atoms with Crippen LogP contribution in [0.15, 0.2) is 4.99 Å². The van der Waals surface area contributed by atoms with Crippen molar-refractivity contribution in [1.82, 2.24) is 9.80 Å². The zero-order valence-corrected chi connectivity index (χ0v) is 19.9. The fourth-order valence-electron chi connectivity index (χ4n) is 3.40. The third-order valence-electron chi connectivity index (χ3n) is 5.97. The molecule has 0 aromatic rings. The van der Waals surface area contributed by atoms with E-state index in [1.807, 2.05) is 30.6 Å². The SMILES string of the molecule is CC(C)(C)[C@@H](CN1CCCCC1=O)N=C=O.CC(C)(C)[C@H](N)CN1CCCCC1=O. The van der Waals surface area contributed by atoms with E-state index in [1.54, 1.807) is 6.08 Å². The Morgan fingerprint density at radius 1 is 0.867 bits per heavy atom. The summed E-state index contributed by atoms with van der Waals surface area (Å²) in [6, 6.07) is -0.0865. The molecule has 2 rings (SSSR count). The van der Waals surface area contributed by atoms with Crippen LogP contribution in [0, 0.1) is 10.8 Å². The summed E-state index contributed by atoms with van der Waals surface area (Å²) >= 11 is 0. The molecule has 2 N–H and O–H groups in total. The Hall–Kier alpha value is -1.72. The summed E-state index contributed by atoms with van der Waals surface area (Å²) in [6.07, 6.45) is 7.14. The Labute approximate surface area is 182 Å². The van der Waals surface area contributed by atoms with Gasteiger partial charge in [0, 0.05) is 45.1 Å². The zero-order chi connectivity index (χ0) is 22.9. The highest BCUT2D eigenvalue weighted by atomic mass is 16.2. The Morgan fingerprint density at radius 3 is 1.70 bits per heavy atom. The molecule has 0 aromatic carbocycles. The van der Waals surface area contributed by atoms with Crippen LogP contribution in [-0.2, 0) is 14.4 Å². The molecule has 2 aliphatic rings. The van der Waals surface area contributed by atoms with Crippen molar-refractivity contribution >= 4 is 17.9 Å². The van der Waals surface area contributed by atoms with Gasteiger partial charge in [0.2, 0.25) is 17.9 Å². The van der Waals surface area contributed by atoms with E-state index in [9.17, 15) is 14.4 Å². The number of hydrogen-bond donors (Lipinski definition) is 1. The fourth-order valence-corrected chi connectivity index (χ4v) is 3.40. The molecule has 2 atom stereocenters. The summed E-state index contributed by atoms with van der Waals surface area (Å²) in [5, 5.41) is 0. The molecule has 2 heterocycles. The number of aliphatic imine (C=N–C) groups is 1. The van der Waals surface area contributed by atoms with Gasteiger partial charge in [0.25, 0.3) is 0 Å². The number of isocyanates is 1. The van der Waals surface area contributed by atoms with Gasteiger partial charge < -0.3 is 15.5 Å². The molecule has 2 aliphatic heterocycles. The second-order valence-electron chi connectivity index (χ2n) is 10.7. The Bertz CT molecular complexity index is 615. The van der Waals surface area contributed by atoms with E-state index in [2.05, 4.69) is 25.8 Å². The average molecular weight is 423 g/mol. The average Bonchev–Trinajstić information content (AvgIpc) is 2.64. The highest BCUT2D eigenvalue weighted by Gasteiger charge is 2.29. The predicted octanol–water partition coefficient (Wildman–Crippen LogP) is 3.12. The minimum Gasteiger partial charge on any atom is -0.341 e. The van der Waals surface area contributed by atoms with Crippen LogP contribution in [0.5, 0.6) is 0 Å². The maximum atomic E-state index is 11.6. The minimum atomic E-state index is -0.160. The van der Waals surface area contributed by atoms with Crippen LogP contribution in [0.3, 0.4) is 0 Å². The zero-order valence-electron chi connectivity index (χ0n) is 19.9. The maximum Gasteiger partial charge on any atom is 0.235 e. The highest BCUT2D eigenvalue weighted by Crippen LogP contribution is 2.24. The number of nitrogens with zero attached hydrogens (tertiary/aromatic N) is 3. The molecule has 0 bridgehead atoms. The van der Waals surface area contributed by atoms with E-state index in [0.29, 0.717) is 25.9 Å². The maximum absolute atomic E-state index is 11.6. The molecule has 0 aliphatic carbocycles. The van der Waals surface area contributed by atoms with Gasteiger partial charge >= 0.3 is 0 Å². The smallest absolute Gasteiger partial charge is 0.235 e. The van der Waals surface area contributed by atoms with Crippen molar-refractivity contribution in [2.75, 3.05) is 26.2 Å². The van der Waals surface area contributed by atoms with Gasteiger partial charge in [0.05, 0.1) is 6.04 Å². The Kier molecular flexibility index (Phi) is 10.2. The van der Waals surface area contributed by atoms with E-state index < -0.39 is 0 Å². The lowest BCUT2D eigenvalue weighted by Gasteiger charge is -2.34. The number of amides is 2. The summed E-state index contributed by atoms with van der Waals surface area (Å²) in [7, 11) is 0. The number of nitrogens with two attached hydrogens (primary N) is 1. The first kappa shape index (κ1) is 26.3. The lowest BCUT2D eigenvalue weighted by atomic mass is 9.86. The lowest BCUT2D eigenvalue weighted by molar-refractivity contribution is -0.134. The van der Waals surface area contributed by atoms with Gasteiger partial charge in [-0.15, -0.1) is 0 Å². The summed E-state index contributed by atoms with van der Waals surface area (Å²) < 4.78 is 0. The molecule has 30 heavy (non-hydrogen) atoms. The van der Waals surface area contributed by atoms with Gasteiger partial charge in [-0.2, -0.15) is 0 Å². The molecule has 0 unspecified atom stereocenters. The van der Waals surface area contributed by atoms with E-state index in [1.165, 1.54) is 0 Å². The number of likely N-dealkylation sites (tertiary alicyclic amines) is 2. The molecule has 172 valence electrons. The van der Waals surface area contributed by atoms with Gasteiger partial charge in [-0.3, -0.25) is 9.59 Å². The van der Waals surface area contributed by atoms with E-state index >= 15 is 0 Å². The van der Waals surface area contributed by atoms with Crippen LogP contribution in [-0.4, -0.2) is 66.0 Å². The minimum absolute atomic E-state index is 0.0737. The molecular formula is C23H42N4O3. The first-order valence-corrected chi connectivity index (χ1v) is 11.2. The molecule has 0 saturated carbocycles. The number of carbonyl (C=O) groups excluding carboxylic acids is 3. The molecule has 2 amide bonds. The van der Waals surface area contributed by atoms with Crippen molar-refractivity contribution in [2.24, 2.45) is 21.6 Å². The second kappa shape index (κ2) is 11.6. The van der Waals surface area contributed by atoms with Crippen LogP contribution in [0.4, 0.5) is 0 Å². The summed E-state index contributed by atoms with van der Waals surface area (Å²) in [4.78, 5) is 41.1. The van der Waals surface area contributed by atoms with Crippen molar-refractivity contribution in [1.29, 1.82) is 0 Å². The number of hydrogen-bond acceptors (Lipinski definition) is 5. The standard InChI is InChI=1S/C12H20N2O2.C11H22N2O/c1-12(2,3)10(13-9-15)8-14-7-5-4-6-11(14)16;1-11(2,3)9(12)8-13-7-5-4-6-10(13)14/h10H,4-8H2,1-3H3;9H,4-8,12H2,1-3H3/t10-;9-/m11/s1. The Morgan fingerprint density at radius 2 is 1.33 bits per heavy atom. The summed E-state index contributed by atoms with van der Waals surface area (Å²) in [5.74, 6) is 0.456. The van der Waals surface area contributed by atoms with Crippen LogP contribution in [0.1, 0.15) is 80.1 Å². The van der Waals surface area contributed by atoms with Crippen LogP contribution < -0.4 is 5.73 Å². The molecule has 0 spiro atoms. The molecule has 7 nitrogen and oxygen atoms in total. The molecule has 0 radical (unpaired) electrons. The molecule has 2 saturated heterocycles. The monoisotopic (exact) mass is 422 g/mol. The van der Waals surface area contributed by atoms with Gasteiger partial charge in [-0.1, -0.05) is 41.5 Å². The van der Waals surface area contributed by atoms with Crippen molar-refractivity contribution in [3.8, 4) is 0 Å². The normalized spacial score (nSPS) is 20.1. The molecule has 2 fully saturated rings. The van der Waals surface area contributed by atoms with Gasteiger partial charge in [-0.05, 0) is 36.5 Å². The van der Waals surface area contributed by atoms with E-state index in [0.717, 1.165) is 38.8 Å².